The molecule has 144 valence electrons. The molecule has 0 saturated heterocycles. The first-order valence-electron chi connectivity index (χ1n) is 8.20. The van der Waals surface area contributed by atoms with Gasteiger partial charge in [-0.1, -0.05) is 65.3 Å². The van der Waals surface area contributed by atoms with Gasteiger partial charge in [0.2, 0.25) is 21.1 Å². The quantitative estimate of drug-likeness (QED) is 0.254. The van der Waals surface area contributed by atoms with Crippen molar-refractivity contribution in [1.29, 1.82) is 0 Å². The highest BCUT2D eigenvalue weighted by Gasteiger charge is 2.32. The van der Waals surface area contributed by atoms with Gasteiger partial charge in [-0.3, -0.25) is 0 Å². The van der Waals surface area contributed by atoms with Crippen LogP contribution in [0.15, 0.2) is 36.4 Å². The highest BCUT2D eigenvalue weighted by molar-refractivity contribution is 7.12. The van der Waals surface area contributed by atoms with Gasteiger partial charge in [-0.25, -0.2) is 0 Å². The average Bonchev–Trinajstić information content (AvgIpc) is 2.44. The van der Waals surface area contributed by atoms with Crippen LogP contribution in [-0.2, 0) is 10.8 Å². The molecule has 1 aromatic carbocycles. The molecule has 1 aromatic heterocycles. The minimum atomic E-state index is -6.00. The van der Waals surface area contributed by atoms with Crippen molar-refractivity contribution in [2.45, 2.75) is 52.4 Å². The molecule has 0 N–H and O–H groups in total. The van der Waals surface area contributed by atoms with E-state index < -0.39 is 7.25 Å². The van der Waals surface area contributed by atoms with Crippen LogP contribution in [0.25, 0.3) is 11.1 Å². The Hall–Kier alpha value is -1.14. The van der Waals surface area contributed by atoms with Gasteiger partial charge < -0.3 is 17.3 Å². The molecule has 0 saturated carbocycles. The fraction of sp³-hybridized carbons (Fsp3) is 0.421. The number of hydrogen-bond donors (Lipinski definition) is 0. The van der Waals surface area contributed by atoms with Crippen LogP contribution in [0.3, 0.4) is 0 Å². The third-order valence-electron chi connectivity index (χ3n) is 3.45. The lowest BCUT2D eigenvalue weighted by molar-refractivity contribution is 0.368. The van der Waals surface area contributed by atoms with Crippen LogP contribution in [0.2, 0.25) is 5.02 Å². The molecule has 26 heavy (non-hydrogen) atoms. The molecule has 0 radical (unpaired) electrons. The maximum absolute atomic E-state index is 9.75. The molecular formula is C19H24BClF4S. The van der Waals surface area contributed by atoms with Crippen molar-refractivity contribution in [2.75, 3.05) is 0 Å². The third-order valence-corrected chi connectivity index (χ3v) is 5.60. The molecule has 7 heteroatoms. The number of benzene rings is 1. The lowest BCUT2D eigenvalue weighted by Crippen LogP contribution is -2.14. The largest absolute Gasteiger partial charge is 0.673 e. The molecule has 1 heterocycles. The first-order valence-corrected chi connectivity index (χ1v) is 9.39. The van der Waals surface area contributed by atoms with Gasteiger partial charge in [-0.15, -0.1) is 0 Å². The zero-order valence-corrected chi connectivity index (χ0v) is 17.4. The number of rotatable bonds is 1. The predicted molar refractivity (Wildman–Crippen MR) is 107 cm³/mol. The Morgan fingerprint density at radius 2 is 1.08 bits per heavy atom. The van der Waals surface area contributed by atoms with Crippen LogP contribution < -0.4 is 0 Å². The highest BCUT2D eigenvalue weighted by Crippen LogP contribution is 2.38. The Kier molecular flexibility index (Phi) is 7.28. The van der Waals surface area contributed by atoms with E-state index in [-0.39, 0.29) is 10.8 Å². The predicted octanol–water partition coefficient (Wildman–Crippen LogP) is 8.24. The molecule has 0 amide bonds. The van der Waals surface area contributed by atoms with E-state index in [1.54, 1.807) is 0 Å². The second-order valence-corrected chi connectivity index (χ2v) is 9.60. The molecule has 0 atom stereocenters. The van der Waals surface area contributed by atoms with Gasteiger partial charge in [0, 0.05) is 28.0 Å². The number of halogens is 5. The molecule has 0 nitrogen and oxygen atoms in total. The van der Waals surface area contributed by atoms with Crippen LogP contribution in [0, 0.1) is 0 Å². The summed E-state index contributed by atoms with van der Waals surface area (Å²) in [7, 11) is -6.00. The zero-order valence-electron chi connectivity index (χ0n) is 15.8. The van der Waals surface area contributed by atoms with E-state index in [2.05, 4.69) is 65.8 Å². The van der Waals surface area contributed by atoms with Crippen LogP contribution in [0.4, 0.5) is 17.3 Å². The molecule has 2 rings (SSSR count). The van der Waals surface area contributed by atoms with Gasteiger partial charge in [0.05, 0.1) is 0 Å². The van der Waals surface area contributed by atoms with Gasteiger partial charge >= 0.3 is 7.25 Å². The van der Waals surface area contributed by atoms with E-state index in [0.29, 0.717) is 0 Å². The summed E-state index contributed by atoms with van der Waals surface area (Å²) in [5, 5.41) is 0.782. The molecule has 0 unspecified atom stereocenters. The van der Waals surface area contributed by atoms with Crippen LogP contribution in [0.5, 0.6) is 0 Å². The molecule has 0 aliphatic carbocycles. The van der Waals surface area contributed by atoms with Gasteiger partial charge in [0.15, 0.2) is 0 Å². The lowest BCUT2D eigenvalue weighted by atomic mass is 9.90. The molecule has 0 aliphatic heterocycles. The zero-order chi connectivity index (χ0) is 20.3. The van der Waals surface area contributed by atoms with E-state index in [0.717, 1.165) is 5.02 Å². The summed E-state index contributed by atoms with van der Waals surface area (Å²) in [5.74, 6) is 0. The Labute approximate surface area is 162 Å². The standard InChI is InChI=1S/C19H24ClS.BF4/c1-18(2,3)16-11-14(12-17(21-16)19(4,5)6)13-7-9-15(20)10-8-13;2-1(3,4)5/h7-12H,1-6H3;/q+1;-1. The lowest BCUT2D eigenvalue weighted by Gasteiger charge is -2.16. The molecule has 0 aliphatic rings. The normalized spacial score (nSPS) is 12.4. The summed E-state index contributed by atoms with van der Waals surface area (Å²) in [4.78, 5) is 2.83. The summed E-state index contributed by atoms with van der Waals surface area (Å²) < 4.78 is 39.0. The fourth-order valence-corrected chi connectivity index (χ4v) is 3.40. The Morgan fingerprint density at radius 3 is 1.38 bits per heavy atom. The SMILES string of the molecule is CC(C)(C)c1cc(-c2ccc(Cl)cc2)cc(C(C)(C)C)[s+]1.F[B-](F)(F)F. The number of hydrogen-bond acceptors (Lipinski definition) is 0. The van der Waals surface area contributed by atoms with Crippen molar-refractivity contribution >= 4 is 30.2 Å². The van der Waals surface area contributed by atoms with Crippen LogP contribution in [0.1, 0.15) is 51.3 Å². The van der Waals surface area contributed by atoms with Crippen LogP contribution >= 0.6 is 22.9 Å². The second-order valence-electron chi connectivity index (χ2n) is 8.08. The Balaban J connectivity index is 0.000000597. The molecular weight excluding hydrogens is 383 g/mol. The van der Waals surface area contributed by atoms with E-state index in [9.17, 15) is 17.3 Å². The van der Waals surface area contributed by atoms with E-state index in [1.807, 2.05) is 23.5 Å². The van der Waals surface area contributed by atoms with Crippen molar-refractivity contribution in [2.24, 2.45) is 0 Å². The fourth-order valence-electron chi connectivity index (χ4n) is 2.05. The minimum Gasteiger partial charge on any atom is -0.418 e. The average molecular weight is 407 g/mol. The summed E-state index contributed by atoms with van der Waals surface area (Å²) in [5.41, 5.74) is 2.82. The molecule has 0 bridgehead atoms. The second kappa shape index (κ2) is 8.26. The monoisotopic (exact) mass is 406 g/mol. The minimum absolute atomic E-state index is 0.160. The highest BCUT2D eigenvalue weighted by atomic mass is 35.5. The van der Waals surface area contributed by atoms with Crippen molar-refractivity contribution in [3.05, 3.63) is 51.2 Å². The molecule has 2 aromatic rings. The van der Waals surface area contributed by atoms with Crippen molar-refractivity contribution in [1.82, 2.24) is 0 Å². The molecule has 0 spiro atoms. The van der Waals surface area contributed by atoms with Crippen molar-refractivity contribution in [3.8, 4) is 11.1 Å². The maximum Gasteiger partial charge on any atom is 0.673 e. The van der Waals surface area contributed by atoms with Crippen LogP contribution in [-0.4, -0.2) is 7.25 Å². The van der Waals surface area contributed by atoms with Gasteiger partial charge in [-0.2, -0.15) is 0 Å². The molecule has 0 fully saturated rings. The summed E-state index contributed by atoms with van der Waals surface area (Å²) in [6.07, 6.45) is 0. The van der Waals surface area contributed by atoms with E-state index in [1.165, 1.54) is 20.9 Å². The topological polar surface area (TPSA) is 0 Å². The van der Waals surface area contributed by atoms with Crippen molar-refractivity contribution < 1.29 is 17.3 Å². The Morgan fingerprint density at radius 1 is 0.731 bits per heavy atom. The van der Waals surface area contributed by atoms with E-state index in [4.69, 9.17) is 11.6 Å². The van der Waals surface area contributed by atoms with Gasteiger partial charge in [0.25, 0.3) is 0 Å². The van der Waals surface area contributed by atoms with Crippen molar-refractivity contribution in [3.63, 3.8) is 0 Å². The summed E-state index contributed by atoms with van der Waals surface area (Å²) in [6.45, 7) is 13.6. The first kappa shape index (κ1) is 22.9. The van der Waals surface area contributed by atoms with Gasteiger partial charge in [0.1, 0.15) is 0 Å². The Bertz CT molecular complexity index is 691. The maximum atomic E-state index is 9.75. The van der Waals surface area contributed by atoms with Gasteiger partial charge in [-0.05, 0) is 23.3 Å². The smallest absolute Gasteiger partial charge is 0.418 e. The summed E-state index contributed by atoms with van der Waals surface area (Å²) in [6, 6.07) is 12.8. The third kappa shape index (κ3) is 8.04. The summed E-state index contributed by atoms with van der Waals surface area (Å²) >= 11 is 7.93. The van der Waals surface area contributed by atoms with E-state index >= 15 is 0 Å². The first-order chi connectivity index (χ1) is 11.6.